The van der Waals surface area contributed by atoms with E-state index in [-0.39, 0.29) is 17.0 Å². The molecule has 0 saturated carbocycles. The number of nitrogens with two attached hydrogens (primary N) is 1. The van der Waals surface area contributed by atoms with Gasteiger partial charge < -0.3 is 43.0 Å². The van der Waals surface area contributed by atoms with Crippen molar-refractivity contribution in [3.05, 3.63) is 36.7 Å². The predicted molar refractivity (Wildman–Crippen MR) is 160 cm³/mol. The quantitative estimate of drug-likeness (QED) is 0.199. The molecule has 0 aliphatic carbocycles. The van der Waals surface area contributed by atoms with E-state index in [4.69, 9.17) is 53.3 Å². The zero-order valence-corrected chi connectivity index (χ0v) is 25.9. The monoisotopic (exact) mass is 688 g/mol. The molecule has 0 amide bonds. The largest absolute Gasteiger partial charge is 0.386 e. The topological polar surface area (TPSA) is 218 Å². The van der Waals surface area contributed by atoms with Crippen LogP contribution in [0.5, 0.6) is 0 Å². The van der Waals surface area contributed by atoms with Gasteiger partial charge in [0.05, 0.1) is 31.8 Å². The maximum Gasteiger partial charge on any atom is 0.264 e. The summed E-state index contributed by atoms with van der Waals surface area (Å²) in [5.41, 5.74) is 11.0. The molecule has 18 nitrogen and oxygen atoms in total. The summed E-state index contributed by atoms with van der Waals surface area (Å²) in [5.74, 6) is 0.0543. The number of imidazole rings is 1. The zero-order chi connectivity index (χ0) is 32.7. The molecule has 47 heavy (non-hydrogen) atoms. The number of hydrogen-bond donors (Lipinski definition) is 3. The Morgan fingerprint density at radius 3 is 2.49 bits per heavy atom. The van der Waals surface area contributed by atoms with Crippen molar-refractivity contribution in [1.82, 2.24) is 29.1 Å². The van der Waals surface area contributed by atoms with E-state index in [1.54, 1.807) is 23.0 Å². The van der Waals surface area contributed by atoms with Crippen LogP contribution in [0.15, 0.2) is 31.1 Å². The van der Waals surface area contributed by atoms with E-state index in [0.29, 0.717) is 24.4 Å². The van der Waals surface area contributed by atoms with Gasteiger partial charge in [-0.3, -0.25) is 24.0 Å². The fraction of sp³-hybridized carbons (Fsp3) is 0.500. The molecular weight excluding hydrogens is 663 g/mol. The maximum absolute atomic E-state index is 16.0. The van der Waals surface area contributed by atoms with Crippen LogP contribution in [0.3, 0.4) is 0 Å². The van der Waals surface area contributed by atoms with Gasteiger partial charge in [-0.25, -0.2) is 24.3 Å². The molecule has 0 aromatic carbocycles. The lowest BCUT2D eigenvalue weighted by Crippen LogP contribution is -2.38. The highest BCUT2D eigenvalue weighted by Crippen LogP contribution is 2.54. The lowest BCUT2D eigenvalue weighted by molar-refractivity contribution is -0.0557. The minimum absolute atomic E-state index is 0.0543. The minimum Gasteiger partial charge on any atom is -0.386 e. The van der Waals surface area contributed by atoms with E-state index in [9.17, 15) is 14.2 Å². The predicted octanol–water partition coefficient (Wildman–Crippen LogP) is 1.22. The zero-order valence-electron chi connectivity index (χ0n) is 24.1. The summed E-state index contributed by atoms with van der Waals surface area (Å²) < 4.78 is 79.6. The first kappa shape index (κ1) is 31.3. The van der Waals surface area contributed by atoms with E-state index >= 15 is 4.39 Å². The van der Waals surface area contributed by atoms with Crippen LogP contribution in [0, 0.1) is 0 Å². The molecule has 0 spiro atoms. The summed E-state index contributed by atoms with van der Waals surface area (Å²) in [6.45, 7) is -0.894. The van der Waals surface area contributed by atoms with Crippen LogP contribution in [-0.2, 0) is 48.0 Å². The van der Waals surface area contributed by atoms with Crippen molar-refractivity contribution in [2.45, 2.75) is 55.6 Å². The number of alkyl halides is 1. The second kappa shape index (κ2) is 11.6. The smallest absolute Gasteiger partial charge is 0.264 e. The summed E-state index contributed by atoms with van der Waals surface area (Å²) in [4.78, 5) is 21.9. The Hall–Kier alpha value is -2.96. The number of aromatic nitrogens is 6. The summed E-state index contributed by atoms with van der Waals surface area (Å²) in [6.07, 6.45) is -5.64. The van der Waals surface area contributed by atoms with E-state index in [2.05, 4.69) is 25.4 Å². The Labute approximate surface area is 267 Å². The molecule has 0 bridgehead atoms. The van der Waals surface area contributed by atoms with E-state index in [1.165, 1.54) is 17.2 Å². The van der Waals surface area contributed by atoms with Crippen LogP contribution in [-0.4, -0.2) is 106 Å². The van der Waals surface area contributed by atoms with E-state index in [1.807, 2.05) is 0 Å². The number of hydrogen-bond acceptors (Lipinski definition) is 16. The number of ether oxygens (including phenoxy) is 2. The third-order valence-corrected chi connectivity index (χ3v) is 10.4. The molecule has 4 aliphatic rings. The van der Waals surface area contributed by atoms with Crippen molar-refractivity contribution in [2.24, 2.45) is 0 Å². The van der Waals surface area contributed by atoms with Gasteiger partial charge in [-0.05, 0) is 11.6 Å². The Morgan fingerprint density at radius 2 is 1.70 bits per heavy atom. The lowest BCUT2D eigenvalue weighted by Gasteiger charge is -2.30. The van der Waals surface area contributed by atoms with Crippen molar-refractivity contribution in [3.63, 3.8) is 0 Å². The van der Waals surface area contributed by atoms with Crippen LogP contribution in [0.4, 0.5) is 15.9 Å². The SMILES string of the molecule is [B]P1(=O)OC[C@H]2O[C@@H](n3cnc4c(N)ncnc43)C(F)[C@H]2OP([B])(=O)OC[C@H]2O[C@@H](n3cc4c5c(ccnc53)NOCC4)[C@@H](O)C2O1. The molecule has 4 N–H and O–H groups in total. The highest BCUT2D eigenvalue weighted by atomic mass is 31.2. The summed E-state index contributed by atoms with van der Waals surface area (Å²) >= 11 is 0. The third-order valence-electron chi connectivity index (χ3n) is 8.33. The first-order valence-electron chi connectivity index (χ1n) is 14.3. The average Bonchev–Trinajstić information content (AvgIpc) is 3.73. The van der Waals surface area contributed by atoms with Crippen molar-refractivity contribution in [2.75, 3.05) is 31.0 Å². The maximum atomic E-state index is 16.0. The number of aliphatic hydroxyl groups is 1. The van der Waals surface area contributed by atoms with Crippen LogP contribution in [0.2, 0.25) is 0 Å². The first-order chi connectivity index (χ1) is 22.5. The standard InChI is InChI=1S/C24H25B2FN8O10P2/c25-46(37)41-7-13-19(17(36)24(43-13)34-5-10-2-4-39-33-11-1-3-29-21(34)14(10)11)45-47(26,38)40-6-12-18(44-46)15(27)23(42-12)35-9-32-16-20(28)30-8-31-22(16)35/h1,3,5,8-9,12-13,15,17-19,23-24,33,36H,2,4,6-7H2,(H2,28,30,31)/t12-,13-,15?,17+,18+,19?,23-,24-,46?,47?/m1/s1. The van der Waals surface area contributed by atoms with Crippen LogP contribution < -0.4 is 11.2 Å². The van der Waals surface area contributed by atoms with Gasteiger partial charge >= 0.3 is 0 Å². The molecule has 4 aromatic heterocycles. The van der Waals surface area contributed by atoms with Crippen molar-refractivity contribution in [1.29, 1.82) is 0 Å². The van der Waals surface area contributed by atoms with Gasteiger partial charge in [-0.1, -0.05) is 0 Å². The summed E-state index contributed by atoms with van der Waals surface area (Å²) in [7, 11) is 2.83. The average molecular weight is 688 g/mol. The Morgan fingerprint density at radius 1 is 0.979 bits per heavy atom. The van der Waals surface area contributed by atoms with Gasteiger partial charge in [0, 0.05) is 24.2 Å². The number of nitrogens with zero attached hydrogens (tertiary/aromatic N) is 6. The number of anilines is 2. The molecule has 8 rings (SSSR count). The molecule has 4 aliphatic heterocycles. The molecule has 3 saturated heterocycles. The molecule has 4 unspecified atom stereocenters. The Kier molecular flexibility index (Phi) is 7.72. The minimum atomic E-state index is -4.55. The Balaban J connectivity index is 1.08. The van der Waals surface area contributed by atoms with Gasteiger partial charge in [0.15, 0.2) is 30.1 Å². The third kappa shape index (κ3) is 5.48. The van der Waals surface area contributed by atoms with Gasteiger partial charge in [0.1, 0.15) is 48.0 Å². The number of pyridine rings is 1. The first-order valence-corrected chi connectivity index (χ1v) is 17.6. The number of nitrogen functional groups attached to an aromatic ring is 1. The van der Waals surface area contributed by atoms with Crippen LogP contribution in [0.1, 0.15) is 18.0 Å². The molecule has 23 heteroatoms. The van der Waals surface area contributed by atoms with Gasteiger partial charge in [0.2, 0.25) is 15.1 Å². The molecule has 4 radical (unpaired) electrons. The molecule has 3 fully saturated rings. The van der Waals surface area contributed by atoms with E-state index in [0.717, 1.165) is 10.9 Å². The second-order valence-electron chi connectivity index (χ2n) is 11.3. The number of fused-ring (bicyclic) bond motifs is 3. The van der Waals surface area contributed by atoms with Gasteiger partial charge in [0.25, 0.3) is 14.9 Å². The number of halogens is 1. The van der Waals surface area contributed by atoms with Crippen molar-refractivity contribution < 1.29 is 51.0 Å². The van der Waals surface area contributed by atoms with Crippen LogP contribution >= 0.6 is 14.9 Å². The normalized spacial score (nSPS) is 37.8. The van der Waals surface area contributed by atoms with Crippen LogP contribution in [0.25, 0.3) is 22.2 Å². The highest BCUT2D eigenvalue weighted by Gasteiger charge is 2.53. The second-order valence-corrected chi connectivity index (χ2v) is 14.4. The number of aliphatic hydroxyl groups excluding tert-OH is 1. The summed E-state index contributed by atoms with van der Waals surface area (Å²) in [5, 5.41) is 12.2. The fourth-order valence-electron chi connectivity index (χ4n) is 6.22. The molecular formula is C24H25B2FN8O10P2. The molecule has 8 heterocycles. The summed E-state index contributed by atoms with van der Waals surface area (Å²) in [6, 6.07) is 1.74. The highest BCUT2D eigenvalue weighted by molar-refractivity contribution is 7.79. The molecule has 244 valence electrons. The molecule has 10 atom stereocenters. The van der Waals surface area contributed by atoms with Crippen molar-refractivity contribution in [3.8, 4) is 0 Å². The number of nitrogens with one attached hydrogen (secondary N) is 1. The van der Waals surface area contributed by atoms with Gasteiger partial charge in [-0.2, -0.15) is 0 Å². The lowest BCUT2D eigenvalue weighted by atomic mass is 10.1. The fourth-order valence-corrected chi connectivity index (χ4v) is 8.24. The van der Waals surface area contributed by atoms with Gasteiger partial charge in [-0.15, -0.1) is 0 Å². The number of rotatable bonds is 2. The van der Waals surface area contributed by atoms with Crippen molar-refractivity contribution >= 4 is 63.8 Å². The molecule has 4 aromatic rings. The van der Waals surface area contributed by atoms with E-state index < -0.39 is 77.3 Å². The Bertz CT molecular complexity index is 1960.